The SMILES string of the molecule is Cc1c(C(C)NCC2CCOCC2)oc2ccccc12. The van der Waals surface area contributed by atoms with E-state index in [9.17, 15) is 0 Å². The fourth-order valence-electron chi connectivity index (χ4n) is 2.99. The molecule has 3 heteroatoms. The van der Waals surface area contributed by atoms with Gasteiger partial charge in [0.05, 0.1) is 6.04 Å². The summed E-state index contributed by atoms with van der Waals surface area (Å²) in [6.07, 6.45) is 2.33. The third-order valence-electron chi connectivity index (χ3n) is 4.33. The molecule has 0 spiro atoms. The Morgan fingerprint density at radius 2 is 2.00 bits per heavy atom. The molecular weight excluding hydrogens is 250 g/mol. The van der Waals surface area contributed by atoms with Crippen LogP contribution in [0.2, 0.25) is 0 Å². The summed E-state index contributed by atoms with van der Waals surface area (Å²) in [7, 11) is 0. The van der Waals surface area contributed by atoms with E-state index < -0.39 is 0 Å². The van der Waals surface area contributed by atoms with Crippen molar-refractivity contribution in [3.63, 3.8) is 0 Å². The summed E-state index contributed by atoms with van der Waals surface area (Å²) < 4.78 is 11.4. The molecule has 1 saturated heterocycles. The molecule has 1 aromatic heterocycles. The molecule has 1 atom stereocenters. The maximum atomic E-state index is 6.01. The van der Waals surface area contributed by atoms with Gasteiger partial charge in [-0.15, -0.1) is 0 Å². The van der Waals surface area contributed by atoms with Crippen molar-refractivity contribution in [2.24, 2.45) is 5.92 Å². The lowest BCUT2D eigenvalue weighted by Crippen LogP contribution is -2.29. The fraction of sp³-hybridized carbons (Fsp3) is 0.529. The van der Waals surface area contributed by atoms with Crippen molar-refractivity contribution in [3.8, 4) is 0 Å². The predicted octanol–water partition coefficient (Wildman–Crippen LogP) is 3.82. The second-order valence-electron chi connectivity index (χ2n) is 5.77. The summed E-state index contributed by atoms with van der Waals surface area (Å²) in [5, 5.41) is 4.85. The van der Waals surface area contributed by atoms with Crippen molar-refractivity contribution in [2.75, 3.05) is 19.8 Å². The zero-order chi connectivity index (χ0) is 13.9. The second-order valence-corrected chi connectivity index (χ2v) is 5.77. The average molecular weight is 273 g/mol. The van der Waals surface area contributed by atoms with Gasteiger partial charge in [-0.1, -0.05) is 18.2 Å². The summed E-state index contributed by atoms with van der Waals surface area (Å²) in [4.78, 5) is 0. The Kier molecular flexibility index (Phi) is 4.08. The van der Waals surface area contributed by atoms with Gasteiger partial charge in [-0.3, -0.25) is 0 Å². The van der Waals surface area contributed by atoms with E-state index in [0.29, 0.717) is 0 Å². The fourth-order valence-corrected chi connectivity index (χ4v) is 2.99. The third kappa shape index (κ3) is 2.74. The number of ether oxygens (including phenoxy) is 1. The molecule has 1 aliphatic heterocycles. The first-order valence-electron chi connectivity index (χ1n) is 7.55. The Balaban J connectivity index is 1.68. The van der Waals surface area contributed by atoms with Crippen molar-refractivity contribution in [2.45, 2.75) is 32.7 Å². The summed E-state index contributed by atoms with van der Waals surface area (Å²) in [5.74, 6) is 1.80. The van der Waals surface area contributed by atoms with Crippen LogP contribution < -0.4 is 5.32 Å². The normalized spacial score (nSPS) is 18.5. The van der Waals surface area contributed by atoms with Gasteiger partial charge in [-0.25, -0.2) is 0 Å². The zero-order valence-electron chi connectivity index (χ0n) is 12.3. The van der Waals surface area contributed by atoms with Crippen molar-refractivity contribution in [3.05, 3.63) is 35.6 Å². The van der Waals surface area contributed by atoms with Crippen LogP contribution in [0.25, 0.3) is 11.0 Å². The lowest BCUT2D eigenvalue weighted by Gasteiger charge is -2.24. The molecule has 2 aromatic rings. The number of para-hydroxylation sites is 1. The average Bonchev–Trinajstić information content (AvgIpc) is 2.84. The van der Waals surface area contributed by atoms with Crippen LogP contribution in [-0.2, 0) is 4.74 Å². The molecule has 1 N–H and O–H groups in total. The molecule has 0 amide bonds. The van der Waals surface area contributed by atoms with Gasteiger partial charge >= 0.3 is 0 Å². The molecule has 1 aromatic carbocycles. The topological polar surface area (TPSA) is 34.4 Å². The molecule has 2 heterocycles. The number of nitrogens with one attached hydrogen (secondary N) is 1. The number of furan rings is 1. The minimum Gasteiger partial charge on any atom is -0.459 e. The highest BCUT2D eigenvalue weighted by Gasteiger charge is 2.19. The van der Waals surface area contributed by atoms with E-state index in [2.05, 4.69) is 31.3 Å². The molecule has 3 rings (SSSR count). The number of hydrogen-bond donors (Lipinski definition) is 1. The monoisotopic (exact) mass is 273 g/mol. The van der Waals surface area contributed by atoms with Crippen LogP contribution in [0.3, 0.4) is 0 Å². The number of hydrogen-bond acceptors (Lipinski definition) is 3. The number of rotatable bonds is 4. The van der Waals surface area contributed by atoms with Crippen LogP contribution >= 0.6 is 0 Å². The van der Waals surface area contributed by atoms with E-state index in [1.54, 1.807) is 0 Å². The van der Waals surface area contributed by atoms with Gasteiger partial charge in [0.25, 0.3) is 0 Å². The standard InChI is InChI=1S/C17H23NO2/c1-12-15-5-3-4-6-16(15)20-17(12)13(2)18-11-14-7-9-19-10-8-14/h3-6,13-14,18H,7-11H2,1-2H3. The van der Waals surface area contributed by atoms with Gasteiger partial charge in [0, 0.05) is 18.6 Å². The predicted molar refractivity (Wildman–Crippen MR) is 80.9 cm³/mol. The summed E-state index contributed by atoms with van der Waals surface area (Å²) >= 11 is 0. The van der Waals surface area contributed by atoms with E-state index in [-0.39, 0.29) is 6.04 Å². The van der Waals surface area contributed by atoms with Crippen LogP contribution in [-0.4, -0.2) is 19.8 Å². The molecule has 1 fully saturated rings. The van der Waals surface area contributed by atoms with Gasteiger partial charge in [0.1, 0.15) is 11.3 Å². The van der Waals surface area contributed by atoms with E-state index in [1.807, 2.05) is 12.1 Å². The summed E-state index contributed by atoms with van der Waals surface area (Å²) in [5.41, 5.74) is 2.24. The van der Waals surface area contributed by atoms with E-state index >= 15 is 0 Å². The molecule has 1 unspecified atom stereocenters. The van der Waals surface area contributed by atoms with Crippen LogP contribution in [0.5, 0.6) is 0 Å². The first kappa shape index (κ1) is 13.7. The molecule has 0 radical (unpaired) electrons. The van der Waals surface area contributed by atoms with E-state index in [4.69, 9.17) is 9.15 Å². The quantitative estimate of drug-likeness (QED) is 0.919. The third-order valence-corrected chi connectivity index (χ3v) is 4.33. The molecule has 20 heavy (non-hydrogen) atoms. The van der Waals surface area contributed by atoms with Crippen molar-refractivity contribution in [1.82, 2.24) is 5.32 Å². The lowest BCUT2D eigenvalue weighted by molar-refractivity contribution is 0.0654. The lowest BCUT2D eigenvalue weighted by atomic mass is 10.00. The Morgan fingerprint density at radius 1 is 1.25 bits per heavy atom. The minimum absolute atomic E-state index is 0.255. The van der Waals surface area contributed by atoms with Crippen LogP contribution in [0.4, 0.5) is 0 Å². The molecular formula is C17H23NO2. The molecule has 0 aliphatic carbocycles. The van der Waals surface area contributed by atoms with Gasteiger partial charge < -0.3 is 14.5 Å². The smallest absolute Gasteiger partial charge is 0.134 e. The van der Waals surface area contributed by atoms with Gasteiger partial charge in [-0.05, 0) is 50.8 Å². The van der Waals surface area contributed by atoms with Crippen LogP contribution in [0, 0.1) is 12.8 Å². The Morgan fingerprint density at radius 3 is 2.75 bits per heavy atom. The highest BCUT2D eigenvalue weighted by Crippen LogP contribution is 2.29. The second kappa shape index (κ2) is 5.98. The zero-order valence-corrected chi connectivity index (χ0v) is 12.3. The van der Waals surface area contributed by atoms with Crippen molar-refractivity contribution >= 4 is 11.0 Å². The van der Waals surface area contributed by atoms with Gasteiger partial charge in [0.2, 0.25) is 0 Å². The largest absolute Gasteiger partial charge is 0.459 e. The Bertz CT molecular complexity index is 569. The number of benzene rings is 1. The highest BCUT2D eigenvalue weighted by molar-refractivity contribution is 5.82. The molecule has 3 nitrogen and oxygen atoms in total. The Labute approximate surface area is 120 Å². The van der Waals surface area contributed by atoms with Crippen LogP contribution in [0.1, 0.15) is 37.1 Å². The highest BCUT2D eigenvalue weighted by atomic mass is 16.5. The molecule has 1 aliphatic rings. The van der Waals surface area contributed by atoms with Crippen molar-refractivity contribution < 1.29 is 9.15 Å². The van der Waals surface area contributed by atoms with Gasteiger partial charge in [0.15, 0.2) is 0 Å². The Hall–Kier alpha value is -1.32. The maximum absolute atomic E-state index is 6.01. The molecule has 0 saturated carbocycles. The number of fused-ring (bicyclic) bond motifs is 1. The van der Waals surface area contributed by atoms with E-state index in [1.165, 1.54) is 23.8 Å². The summed E-state index contributed by atoms with van der Waals surface area (Å²) in [6, 6.07) is 8.51. The molecule has 108 valence electrons. The molecule has 0 bridgehead atoms. The van der Waals surface area contributed by atoms with Crippen molar-refractivity contribution in [1.29, 1.82) is 0 Å². The number of aryl methyl sites for hydroxylation is 1. The maximum Gasteiger partial charge on any atom is 0.134 e. The first-order valence-corrected chi connectivity index (χ1v) is 7.55. The summed E-state index contributed by atoms with van der Waals surface area (Å²) in [6.45, 7) is 7.19. The van der Waals surface area contributed by atoms with Gasteiger partial charge in [-0.2, -0.15) is 0 Å². The van der Waals surface area contributed by atoms with E-state index in [0.717, 1.165) is 37.0 Å². The first-order chi connectivity index (χ1) is 9.75. The van der Waals surface area contributed by atoms with Crippen LogP contribution in [0.15, 0.2) is 28.7 Å². The minimum atomic E-state index is 0.255.